The molecule has 1 rings (SSSR count). The maximum Gasteiger partial charge on any atom is 0.268 e. The smallest absolute Gasteiger partial charge is 0.205 e. The van der Waals surface area contributed by atoms with Crippen molar-refractivity contribution in [3.8, 4) is 0 Å². The maximum atomic E-state index is 12.5. The van der Waals surface area contributed by atoms with Gasteiger partial charge < -0.3 is 0 Å². The van der Waals surface area contributed by atoms with Crippen molar-refractivity contribution in [3.05, 3.63) is 41.2 Å². The zero-order valence-corrected chi connectivity index (χ0v) is 7.23. The molecule has 0 atom stereocenters. The van der Waals surface area contributed by atoms with Crippen LogP contribution in [0.25, 0.3) is 5.57 Å². The van der Waals surface area contributed by atoms with Crippen LogP contribution in [0.5, 0.6) is 0 Å². The molecule has 1 aromatic rings. The standard InChI is InChI=1S/C9H6ClF3/c10-8(11)7(9(12)13)6-4-2-1-3-5-6/h1-5,9H. The summed E-state index contributed by atoms with van der Waals surface area (Å²) in [4.78, 5) is 0. The zero-order chi connectivity index (χ0) is 9.84. The van der Waals surface area contributed by atoms with E-state index >= 15 is 0 Å². The third kappa shape index (κ3) is 2.49. The van der Waals surface area contributed by atoms with E-state index in [4.69, 9.17) is 11.6 Å². The highest BCUT2D eigenvalue weighted by Gasteiger charge is 2.17. The van der Waals surface area contributed by atoms with Gasteiger partial charge in [-0.05, 0) is 5.56 Å². The first-order valence-electron chi connectivity index (χ1n) is 3.51. The average Bonchev–Trinajstić information content (AvgIpc) is 2.04. The molecular weight excluding hydrogens is 201 g/mol. The highest BCUT2D eigenvalue weighted by atomic mass is 35.5. The van der Waals surface area contributed by atoms with E-state index in [9.17, 15) is 13.2 Å². The summed E-state index contributed by atoms with van der Waals surface area (Å²) in [5, 5.41) is -1.36. The predicted molar refractivity (Wildman–Crippen MR) is 46.3 cm³/mol. The summed E-state index contributed by atoms with van der Waals surface area (Å²) < 4.78 is 37.0. The lowest BCUT2D eigenvalue weighted by molar-refractivity contribution is 0.213. The summed E-state index contributed by atoms with van der Waals surface area (Å²) in [7, 11) is 0. The first-order chi connectivity index (χ1) is 6.13. The molecule has 1 aromatic carbocycles. The van der Waals surface area contributed by atoms with Crippen molar-refractivity contribution in [2.75, 3.05) is 0 Å². The summed E-state index contributed by atoms with van der Waals surface area (Å²) in [6.45, 7) is 0. The second-order valence-corrected chi connectivity index (χ2v) is 2.67. The summed E-state index contributed by atoms with van der Waals surface area (Å²) in [5.74, 6) is 0. The molecule has 0 heterocycles. The Morgan fingerprint density at radius 3 is 2.08 bits per heavy atom. The summed E-state index contributed by atoms with van der Waals surface area (Å²) >= 11 is 4.91. The van der Waals surface area contributed by atoms with E-state index in [0.29, 0.717) is 0 Å². The molecule has 0 saturated carbocycles. The number of hydrogen-bond donors (Lipinski definition) is 0. The molecule has 0 aliphatic carbocycles. The SMILES string of the molecule is FC(Cl)=C(c1ccccc1)C(F)F. The van der Waals surface area contributed by atoms with Crippen LogP contribution in [-0.4, -0.2) is 6.43 Å². The molecular formula is C9H6ClF3. The topological polar surface area (TPSA) is 0 Å². The second-order valence-electron chi connectivity index (χ2n) is 2.34. The maximum absolute atomic E-state index is 12.5. The van der Waals surface area contributed by atoms with Gasteiger partial charge in [0.05, 0.1) is 5.57 Å². The Bertz CT molecular complexity index is 302. The number of benzene rings is 1. The van der Waals surface area contributed by atoms with Crippen LogP contribution in [0, 0.1) is 0 Å². The fourth-order valence-corrected chi connectivity index (χ4v) is 1.13. The van der Waals surface area contributed by atoms with E-state index in [1.807, 2.05) is 0 Å². The monoisotopic (exact) mass is 206 g/mol. The van der Waals surface area contributed by atoms with Gasteiger partial charge in [0.25, 0.3) is 6.43 Å². The molecule has 0 N–H and O–H groups in total. The average molecular weight is 207 g/mol. The first-order valence-corrected chi connectivity index (χ1v) is 3.89. The van der Waals surface area contributed by atoms with Gasteiger partial charge in [-0.1, -0.05) is 41.9 Å². The van der Waals surface area contributed by atoms with E-state index in [-0.39, 0.29) is 5.56 Å². The predicted octanol–water partition coefficient (Wildman–Crippen LogP) is 3.83. The van der Waals surface area contributed by atoms with Crippen LogP contribution < -0.4 is 0 Å². The lowest BCUT2D eigenvalue weighted by Gasteiger charge is -2.04. The van der Waals surface area contributed by atoms with Crippen molar-refractivity contribution in [2.24, 2.45) is 0 Å². The minimum absolute atomic E-state index is 0.102. The molecule has 13 heavy (non-hydrogen) atoms. The third-order valence-corrected chi connectivity index (χ3v) is 1.71. The van der Waals surface area contributed by atoms with Gasteiger partial charge in [-0.15, -0.1) is 0 Å². The summed E-state index contributed by atoms with van der Waals surface area (Å²) in [6.07, 6.45) is -2.90. The molecule has 0 unspecified atom stereocenters. The molecule has 0 saturated heterocycles. The normalized spacial score (nSPS) is 13.0. The minimum atomic E-state index is -2.90. The van der Waals surface area contributed by atoms with Gasteiger partial charge >= 0.3 is 0 Å². The largest absolute Gasteiger partial charge is 0.268 e. The number of halogens is 4. The van der Waals surface area contributed by atoms with Gasteiger partial charge in [0.2, 0.25) is 0 Å². The Morgan fingerprint density at radius 1 is 1.15 bits per heavy atom. The summed E-state index contributed by atoms with van der Waals surface area (Å²) in [6, 6.07) is 7.49. The number of allylic oxidation sites excluding steroid dienone is 1. The number of hydrogen-bond acceptors (Lipinski definition) is 0. The quantitative estimate of drug-likeness (QED) is 0.690. The van der Waals surface area contributed by atoms with Crippen LogP contribution in [0.3, 0.4) is 0 Å². The molecule has 0 spiro atoms. The Kier molecular flexibility index (Phi) is 3.37. The van der Waals surface area contributed by atoms with Gasteiger partial charge in [-0.25, -0.2) is 8.78 Å². The fourth-order valence-electron chi connectivity index (χ4n) is 0.935. The first kappa shape index (κ1) is 10.1. The Morgan fingerprint density at radius 2 is 1.69 bits per heavy atom. The van der Waals surface area contributed by atoms with Crippen LogP contribution in [0.4, 0.5) is 13.2 Å². The van der Waals surface area contributed by atoms with Crippen LogP contribution in [0.15, 0.2) is 35.6 Å². The third-order valence-electron chi connectivity index (χ3n) is 1.51. The van der Waals surface area contributed by atoms with Crippen LogP contribution in [-0.2, 0) is 0 Å². The van der Waals surface area contributed by atoms with Gasteiger partial charge in [-0.3, -0.25) is 0 Å². The molecule has 0 amide bonds. The Hall–Kier alpha value is -0.960. The molecule has 0 aliphatic rings. The van der Waals surface area contributed by atoms with Crippen molar-refractivity contribution in [1.29, 1.82) is 0 Å². The van der Waals surface area contributed by atoms with Crippen molar-refractivity contribution < 1.29 is 13.2 Å². The van der Waals surface area contributed by atoms with Crippen molar-refractivity contribution >= 4 is 17.2 Å². The highest BCUT2D eigenvalue weighted by Crippen LogP contribution is 2.28. The van der Waals surface area contributed by atoms with Crippen LogP contribution in [0.2, 0.25) is 0 Å². The van der Waals surface area contributed by atoms with E-state index in [2.05, 4.69) is 0 Å². The van der Waals surface area contributed by atoms with E-state index in [1.165, 1.54) is 24.3 Å². The zero-order valence-electron chi connectivity index (χ0n) is 6.48. The van der Waals surface area contributed by atoms with Crippen LogP contribution in [0.1, 0.15) is 5.56 Å². The van der Waals surface area contributed by atoms with Crippen LogP contribution >= 0.6 is 11.6 Å². The molecule has 0 nitrogen and oxygen atoms in total. The summed E-state index contributed by atoms with van der Waals surface area (Å²) in [5.41, 5.74) is -0.660. The highest BCUT2D eigenvalue weighted by molar-refractivity contribution is 6.31. The molecule has 0 fully saturated rings. The molecule has 0 aromatic heterocycles. The second kappa shape index (κ2) is 4.33. The number of rotatable bonds is 2. The lowest BCUT2D eigenvalue weighted by Crippen LogP contribution is -1.96. The minimum Gasteiger partial charge on any atom is -0.205 e. The van der Waals surface area contributed by atoms with Crippen molar-refractivity contribution in [1.82, 2.24) is 0 Å². The van der Waals surface area contributed by atoms with E-state index in [0.717, 1.165) is 0 Å². The Labute approximate surface area is 78.6 Å². The van der Waals surface area contributed by atoms with Gasteiger partial charge in [0.1, 0.15) is 0 Å². The lowest BCUT2D eigenvalue weighted by atomic mass is 10.1. The van der Waals surface area contributed by atoms with Crippen molar-refractivity contribution in [3.63, 3.8) is 0 Å². The van der Waals surface area contributed by atoms with Gasteiger partial charge in [-0.2, -0.15) is 4.39 Å². The molecule has 4 heteroatoms. The molecule has 0 radical (unpaired) electrons. The van der Waals surface area contributed by atoms with Gasteiger partial charge in [0, 0.05) is 0 Å². The number of alkyl halides is 2. The van der Waals surface area contributed by atoms with Crippen molar-refractivity contribution in [2.45, 2.75) is 6.43 Å². The van der Waals surface area contributed by atoms with E-state index < -0.39 is 17.3 Å². The fraction of sp³-hybridized carbons (Fsp3) is 0.111. The molecule has 0 bridgehead atoms. The van der Waals surface area contributed by atoms with Gasteiger partial charge in [0.15, 0.2) is 5.29 Å². The van der Waals surface area contributed by atoms with E-state index in [1.54, 1.807) is 6.07 Å². The Balaban J connectivity index is 3.12. The molecule has 70 valence electrons. The molecule has 0 aliphatic heterocycles.